The number of hydrogen-bond acceptors (Lipinski definition) is 3. The molecule has 1 aliphatic heterocycles. The molecule has 144 valence electrons. The van der Waals surface area contributed by atoms with Gasteiger partial charge in [-0.1, -0.05) is 12.5 Å². The summed E-state index contributed by atoms with van der Waals surface area (Å²) in [5.74, 6) is -2.29. The van der Waals surface area contributed by atoms with Gasteiger partial charge in [0.15, 0.2) is 0 Å². The van der Waals surface area contributed by atoms with Crippen molar-refractivity contribution in [3.05, 3.63) is 59.7 Å². The Morgan fingerprint density at radius 2 is 1.81 bits per heavy atom. The van der Waals surface area contributed by atoms with E-state index in [0.717, 1.165) is 31.4 Å². The molecule has 1 unspecified atom stereocenters. The van der Waals surface area contributed by atoms with Crippen molar-refractivity contribution in [2.75, 3.05) is 11.9 Å². The number of sulfonamides is 1. The minimum absolute atomic E-state index is 0.0225. The summed E-state index contributed by atoms with van der Waals surface area (Å²) in [5.41, 5.74) is 0.0424. The van der Waals surface area contributed by atoms with Crippen LogP contribution in [-0.2, 0) is 10.0 Å². The highest BCUT2D eigenvalue weighted by atomic mass is 32.2. The Morgan fingerprint density at radius 3 is 2.48 bits per heavy atom. The maximum Gasteiger partial charge on any atom is 0.255 e. The van der Waals surface area contributed by atoms with Gasteiger partial charge in [0.1, 0.15) is 11.6 Å². The molecule has 27 heavy (non-hydrogen) atoms. The Morgan fingerprint density at radius 1 is 1.11 bits per heavy atom. The number of hydrogen-bond donors (Lipinski definition) is 1. The molecule has 2 aromatic carbocycles. The summed E-state index contributed by atoms with van der Waals surface area (Å²) in [6, 6.07) is 8.20. The molecule has 3 rings (SSSR count). The van der Waals surface area contributed by atoms with E-state index >= 15 is 0 Å². The third-order valence-corrected chi connectivity index (χ3v) is 6.57. The molecule has 0 bridgehead atoms. The van der Waals surface area contributed by atoms with E-state index < -0.39 is 27.6 Å². The zero-order valence-electron chi connectivity index (χ0n) is 14.8. The van der Waals surface area contributed by atoms with Crippen LogP contribution in [0.1, 0.15) is 36.5 Å². The second-order valence-electron chi connectivity index (χ2n) is 6.60. The van der Waals surface area contributed by atoms with Crippen LogP contribution < -0.4 is 5.32 Å². The van der Waals surface area contributed by atoms with Gasteiger partial charge >= 0.3 is 0 Å². The number of carbonyl (C=O) groups excluding carboxylic acids is 1. The number of benzene rings is 2. The van der Waals surface area contributed by atoms with Gasteiger partial charge < -0.3 is 5.32 Å². The first-order valence-corrected chi connectivity index (χ1v) is 10.1. The lowest BCUT2D eigenvalue weighted by Gasteiger charge is -2.32. The lowest BCUT2D eigenvalue weighted by atomic mass is 10.1. The first kappa shape index (κ1) is 19.4. The molecular weight excluding hydrogens is 374 g/mol. The first-order chi connectivity index (χ1) is 12.8. The van der Waals surface area contributed by atoms with Crippen LogP contribution in [0.4, 0.5) is 14.5 Å². The van der Waals surface area contributed by atoms with Crippen molar-refractivity contribution in [2.45, 2.75) is 37.1 Å². The molecule has 1 N–H and O–H groups in total. The van der Waals surface area contributed by atoms with Gasteiger partial charge in [0.05, 0.1) is 4.90 Å². The predicted molar refractivity (Wildman–Crippen MR) is 98.0 cm³/mol. The Labute approximate surface area is 157 Å². The van der Waals surface area contributed by atoms with Crippen LogP contribution >= 0.6 is 0 Å². The second-order valence-corrected chi connectivity index (χ2v) is 8.49. The number of halogens is 2. The van der Waals surface area contributed by atoms with Crippen LogP contribution in [0.15, 0.2) is 47.4 Å². The molecule has 0 spiro atoms. The standard InChI is InChI=1S/C19H20F2N2O3S/c1-13-5-2-3-8-23(13)27(25,26)18-7-4-6-14(9-18)19(24)22-17-11-15(20)10-16(21)12-17/h4,6-7,9-13H,2-3,5,8H2,1H3,(H,22,24). The molecule has 5 nitrogen and oxygen atoms in total. The summed E-state index contributed by atoms with van der Waals surface area (Å²) in [6.45, 7) is 2.31. The number of carbonyl (C=O) groups is 1. The van der Waals surface area contributed by atoms with Gasteiger partial charge in [-0.3, -0.25) is 4.79 Å². The highest BCUT2D eigenvalue weighted by molar-refractivity contribution is 7.89. The molecule has 1 aliphatic rings. The fraction of sp³-hybridized carbons (Fsp3) is 0.316. The zero-order valence-corrected chi connectivity index (χ0v) is 15.6. The average molecular weight is 394 g/mol. The molecule has 0 radical (unpaired) electrons. The maximum atomic E-state index is 13.3. The second kappa shape index (κ2) is 7.74. The smallest absolute Gasteiger partial charge is 0.255 e. The molecule has 2 aromatic rings. The quantitative estimate of drug-likeness (QED) is 0.858. The summed E-state index contributed by atoms with van der Waals surface area (Å²) < 4.78 is 53.8. The Balaban J connectivity index is 1.85. The van der Waals surface area contributed by atoms with Gasteiger partial charge in [0.25, 0.3) is 5.91 Å². The molecule has 0 saturated carbocycles. The van der Waals surface area contributed by atoms with Gasteiger partial charge in [0, 0.05) is 29.9 Å². The Kier molecular flexibility index (Phi) is 5.57. The van der Waals surface area contributed by atoms with Crippen molar-refractivity contribution in [2.24, 2.45) is 0 Å². The fourth-order valence-electron chi connectivity index (χ4n) is 3.19. The number of nitrogens with zero attached hydrogens (tertiary/aromatic N) is 1. The van der Waals surface area contributed by atoms with E-state index in [0.29, 0.717) is 12.6 Å². The summed E-state index contributed by atoms with van der Waals surface area (Å²) in [5, 5.41) is 2.38. The minimum Gasteiger partial charge on any atom is -0.322 e. The Hall–Kier alpha value is -2.32. The maximum absolute atomic E-state index is 13.3. The number of anilines is 1. The van der Waals surface area contributed by atoms with Crippen molar-refractivity contribution >= 4 is 21.6 Å². The molecular formula is C19H20F2N2O3S. The third kappa shape index (κ3) is 4.33. The number of rotatable bonds is 4. The molecule has 0 aromatic heterocycles. The predicted octanol–water partition coefficient (Wildman–Crippen LogP) is 3.78. The van der Waals surface area contributed by atoms with Crippen molar-refractivity contribution in [1.29, 1.82) is 0 Å². The molecule has 8 heteroatoms. The number of piperidine rings is 1. The summed E-state index contributed by atoms with van der Waals surface area (Å²) in [6.07, 6.45) is 2.58. The van der Waals surface area contributed by atoms with E-state index in [2.05, 4.69) is 5.32 Å². The van der Waals surface area contributed by atoms with Crippen LogP contribution in [0.2, 0.25) is 0 Å². The van der Waals surface area contributed by atoms with Gasteiger partial charge in [-0.2, -0.15) is 4.31 Å². The summed E-state index contributed by atoms with van der Waals surface area (Å²) >= 11 is 0. The molecule has 1 saturated heterocycles. The van der Waals surface area contributed by atoms with E-state index in [9.17, 15) is 22.0 Å². The van der Waals surface area contributed by atoms with Crippen molar-refractivity contribution in [3.63, 3.8) is 0 Å². The Bertz CT molecular complexity index is 943. The normalized spacial score (nSPS) is 18.3. The number of amides is 1. The third-order valence-electron chi connectivity index (χ3n) is 4.57. The van der Waals surface area contributed by atoms with Gasteiger partial charge in [-0.15, -0.1) is 0 Å². The van der Waals surface area contributed by atoms with Crippen molar-refractivity contribution in [3.8, 4) is 0 Å². The van der Waals surface area contributed by atoms with E-state index in [1.807, 2.05) is 6.92 Å². The molecule has 1 heterocycles. The summed E-state index contributed by atoms with van der Waals surface area (Å²) in [4.78, 5) is 12.4. The summed E-state index contributed by atoms with van der Waals surface area (Å²) in [7, 11) is -3.72. The minimum atomic E-state index is -3.72. The van der Waals surface area contributed by atoms with Crippen LogP contribution in [0.5, 0.6) is 0 Å². The van der Waals surface area contributed by atoms with Crippen LogP contribution in [-0.4, -0.2) is 31.2 Å². The van der Waals surface area contributed by atoms with E-state index in [1.165, 1.54) is 28.6 Å². The largest absolute Gasteiger partial charge is 0.322 e. The van der Waals surface area contributed by atoms with Crippen LogP contribution in [0, 0.1) is 11.6 Å². The average Bonchev–Trinajstić information content (AvgIpc) is 2.61. The van der Waals surface area contributed by atoms with E-state index in [4.69, 9.17) is 0 Å². The lowest BCUT2D eigenvalue weighted by Crippen LogP contribution is -2.41. The molecule has 0 aliphatic carbocycles. The number of nitrogens with one attached hydrogen (secondary N) is 1. The van der Waals surface area contributed by atoms with Crippen molar-refractivity contribution < 1.29 is 22.0 Å². The van der Waals surface area contributed by atoms with Gasteiger partial charge in [-0.25, -0.2) is 17.2 Å². The fourth-order valence-corrected chi connectivity index (χ4v) is 4.94. The van der Waals surface area contributed by atoms with Crippen molar-refractivity contribution in [1.82, 2.24) is 4.31 Å². The van der Waals surface area contributed by atoms with Crippen LogP contribution in [0.25, 0.3) is 0 Å². The highest BCUT2D eigenvalue weighted by Gasteiger charge is 2.31. The zero-order chi connectivity index (χ0) is 19.6. The van der Waals surface area contributed by atoms with Crippen LogP contribution in [0.3, 0.4) is 0 Å². The monoisotopic (exact) mass is 394 g/mol. The van der Waals surface area contributed by atoms with E-state index in [1.54, 1.807) is 0 Å². The van der Waals surface area contributed by atoms with E-state index in [-0.39, 0.29) is 22.2 Å². The lowest BCUT2D eigenvalue weighted by molar-refractivity contribution is 0.102. The molecule has 1 fully saturated rings. The topological polar surface area (TPSA) is 66.5 Å². The van der Waals surface area contributed by atoms with Gasteiger partial charge in [0.2, 0.25) is 10.0 Å². The SMILES string of the molecule is CC1CCCCN1S(=O)(=O)c1cccc(C(=O)Nc2cc(F)cc(F)c2)c1. The van der Waals surface area contributed by atoms with Gasteiger partial charge in [-0.05, 0) is 50.1 Å². The molecule has 1 amide bonds. The first-order valence-electron chi connectivity index (χ1n) is 8.67. The highest BCUT2D eigenvalue weighted by Crippen LogP contribution is 2.25. The molecule has 1 atom stereocenters.